The van der Waals surface area contributed by atoms with Gasteiger partial charge in [0, 0.05) is 6.42 Å². The summed E-state index contributed by atoms with van der Waals surface area (Å²) < 4.78 is 5.29. The molecule has 0 amide bonds. The van der Waals surface area contributed by atoms with Crippen LogP contribution in [-0.2, 0) is 4.74 Å². The molecule has 0 aliphatic heterocycles. The fourth-order valence-corrected chi connectivity index (χ4v) is 1.30. The number of hydrogen-bond acceptors (Lipinski definition) is 1. The first-order valence-corrected chi connectivity index (χ1v) is 5.58. The van der Waals surface area contributed by atoms with Crippen molar-refractivity contribution in [2.75, 3.05) is 7.11 Å². The molecule has 0 saturated heterocycles. The van der Waals surface area contributed by atoms with Crippen LogP contribution >= 0.6 is 0 Å². The van der Waals surface area contributed by atoms with Crippen LogP contribution in [0.4, 0.5) is 0 Å². The van der Waals surface area contributed by atoms with E-state index in [9.17, 15) is 0 Å². The highest BCUT2D eigenvalue weighted by atomic mass is 16.5. The molecule has 0 spiro atoms. The molecule has 0 unspecified atom stereocenters. The number of rotatable bonds is 8. The molecule has 0 radical (unpaired) electrons. The normalized spacial score (nSPS) is 11.8. The van der Waals surface area contributed by atoms with Gasteiger partial charge in [0.15, 0.2) is 0 Å². The maximum absolute atomic E-state index is 5.29. The van der Waals surface area contributed by atoms with Gasteiger partial charge in [0.05, 0.1) is 12.9 Å². The van der Waals surface area contributed by atoms with Gasteiger partial charge in [-0.05, 0) is 25.3 Å². The average molecular weight is 184 g/mol. The van der Waals surface area contributed by atoms with Crippen LogP contribution in [0.1, 0.15) is 58.8 Å². The third kappa shape index (κ3) is 7.89. The predicted molar refractivity (Wildman–Crippen MR) is 58.8 cm³/mol. The van der Waals surface area contributed by atoms with Crippen LogP contribution < -0.4 is 0 Å². The first-order valence-electron chi connectivity index (χ1n) is 5.58. The van der Waals surface area contributed by atoms with E-state index in [2.05, 4.69) is 19.9 Å². The van der Waals surface area contributed by atoms with Gasteiger partial charge in [-0.15, -0.1) is 0 Å². The molecule has 0 rings (SSSR count). The highest BCUT2D eigenvalue weighted by Crippen LogP contribution is 2.10. The second-order valence-corrected chi connectivity index (χ2v) is 3.47. The summed E-state index contributed by atoms with van der Waals surface area (Å²) in [4.78, 5) is 0. The summed E-state index contributed by atoms with van der Waals surface area (Å²) in [7, 11) is 1.78. The monoisotopic (exact) mass is 184 g/mol. The van der Waals surface area contributed by atoms with E-state index in [0.29, 0.717) is 0 Å². The molecule has 0 aromatic carbocycles. The first-order chi connectivity index (χ1) is 6.35. The van der Waals surface area contributed by atoms with Crippen LogP contribution in [0, 0.1) is 0 Å². The average Bonchev–Trinajstić information content (AvgIpc) is 2.17. The lowest BCUT2D eigenvalue weighted by atomic mass is 10.1. The Balaban J connectivity index is 3.52. The van der Waals surface area contributed by atoms with Gasteiger partial charge in [-0.1, -0.05) is 33.1 Å². The van der Waals surface area contributed by atoms with Crippen LogP contribution in [0.25, 0.3) is 0 Å². The number of methoxy groups -OCH3 is 1. The summed E-state index contributed by atoms with van der Waals surface area (Å²) in [6.07, 6.45) is 11.0. The molecule has 0 aliphatic carbocycles. The first kappa shape index (κ1) is 12.5. The summed E-state index contributed by atoms with van der Waals surface area (Å²) in [6, 6.07) is 0. The standard InChI is InChI=1S/C12H24O/c1-4-6-8-9-11-12(13-3)10-7-5-2/h11H,4-10H2,1-3H3/b12-11-. The van der Waals surface area contributed by atoms with Crippen molar-refractivity contribution in [2.45, 2.75) is 58.8 Å². The topological polar surface area (TPSA) is 9.23 Å². The van der Waals surface area contributed by atoms with Crippen molar-refractivity contribution in [1.29, 1.82) is 0 Å². The molecule has 0 N–H and O–H groups in total. The van der Waals surface area contributed by atoms with Crippen molar-refractivity contribution in [2.24, 2.45) is 0 Å². The fraction of sp³-hybridized carbons (Fsp3) is 0.833. The second kappa shape index (κ2) is 9.63. The van der Waals surface area contributed by atoms with Gasteiger partial charge in [0.1, 0.15) is 0 Å². The van der Waals surface area contributed by atoms with Crippen LogP contribution in [-0.4, -0.2) is 7.11 Å². The van der Waals surface area contributed by atoms with Gasteiger partial charge >= 0.3 is 0 Å². The van der Waals surface area contributed by atoms with Gasteiger partial charge in [-0.25, -0.2) is 0 Å². The predicted octanol–water partition coefficient (Wildman–Crippen LogP) is 4.29. The molecule has 0 aliphatic rings. The maximum atomic E-state index is 5.29. The molecular weight excluding hydrogens is 160 g/mol. The number of unbranched alkanes of at least 4 members (excludes halogenated alkanes) is 4. The lowest BCUT2D eigenvalue weighted by Crippen LogP contribution is -1.87. The van der Waals surface area contributed by atoms with E-state index in [0.717, 1.165) is 6.42 Å². The van der Waals surface area contributed by atoms with Crippen LogP contribution in [0.2, 0.25) is 0 Å². The van der Waals surface area contributed by atoms with Crippen molar-refractivity contribution >= 4 is 0 Å². The Morgan fingerprint density at radius 3 is 2.31 bits per heavy atom. The van der Waals surface area contributed by atoms with Crippen molar-refractivity contribution < 1.29 is 4.74 Å². The van der Waals surface area contributed by atoms with Crippen molar-refractivity contribution in [3.63, 3.8) is 0 Å². The Morgan fingerprint density at radius 1 is 1.08 bits per heavy atom. The molecule has 13 heavy (non-hydrogen) atoms. The van der Waals surface area contributed by atoms with E-state index < -0.39 is 0 Å². The van der Waals surface area contributed by atoms with E-state index in [1.54, 1.807) is 7.11 Å². The molecule has 0 heterocycles. The zero-order chi connectivity index (χ0) is 9.94. The van der Waals surface area contributed by atoms with Crippen molar-refractivity contribution in [1.82, 2.24) is 0 Å². The highest BCUT2D eigenvalue weighted by molar-refractivity contribution is 4.92. The number of hydrogen-bond donors (Lipinski definition) is 0. The van der Waals surface area contributed by atoms with Gasteiger partial charge in [0.25, 0.3) is 0 Å². The summed E-state index contributed by atoms with van der Waals surface area (Å²) in [6.45, 7) is 4.45. The second-order valence-electron chi connectivity index (χ2n) is 3.47. The minimum absolute atomic E-state index is 1.11. The van der Waals surface area contributed by atoms with E-state index in [1.807, 2.05) is 0 Å². The van der Waals surface area contributed by atoms with Gasteiger partial charge in [0.2, 0.25) is 0 Å². The zero-order valence-electron chi connectivity index (χ0n) is 9.44. The molecule has 0 atom stereocenters. The molecule has 0 fully saturated rings. The smallest absolute Gasteiger partial charge is 0.0915 e. The van der Waals surface area contributed by atoms with Gasteiger partial charge in [-0.2, -0.15) is 0 Å². The van der Waals surface area contributed by atoms with Gasteiger partial charge < -0.3 is 4.74 Å². The number of ether oxygens (including phenoxy) is 1. The Kier molecular flexibility index (Phi) is 9.29. The summed E-state index contributed by atoms with van der Waals surface area (Å²) >= 11 is 0. The Labute approximate surface area is 83.2 Å². The summed E-state index contributed by atoms with van der Waals surface area (Å²) in [5.74, 6) is 1.18. The fourth-order valence-electron chi connectivity index (χ4n) is 1.30. The summed E-state index contributed by atoms with van der Waals surface area (Å²) in [5.41, 5.74) is 0. The quantitative estimate of drug-likeness (QED) is 0.404. The van der Waals surface area contributed by atoms with E-state index in [4.69, 9.17) is 4.74 Å². The Morgan fingerprint density at radius 2 is 1.77 bits per heavy atom. The molecule has 0 aromatic rings. The molecule has 0 bridgehead atoms. The van der Waals surface area contributed by atoms with Crippen molar-refractivity contribution in [3.8, 4) is 0 Å². The minimum atomic E-state index is 1.11. The lowest BCUT2D eigenvalue weighted by Gasteiger charge is -2.04. The SMILES string of the molecule is CCCCC/C=C(/CCCC)OC. The van der Waals surface area contributed by atoms with Crippen LogP contribution in [0.3, 0.4) is 0 Å². The molecule has 1 nitrogen and oxygen atoms in total. The molecular formula is C12H24O. The largest absolute Gasteiger partial charge is 0.501 e. The van der Waals surface area contributed by atoms with E-state index in [-0.39, 0.29) is 0 Å². The minimum Gasteiger partial charge on any atom is -0.501 e. The third-order valence-electron chi connectivity index (χ3n) is 2.22. The Hall–Kier alpha value is -0.460. The lowest BCUT2D eigenvalue weighted by molar-refractivity contribution is 0.272. The zero-order valence-corrected chi connectivity index (χ0v) is 9.44. The number of allylic oxidation sites excluding steroid dienone is 2. The molecule has 0 aromatic heterocycles. The molecule has 0 saturated carbocycles. The summed E-state index contributed by atoms with van der Waals surface area (Å²) in [5, 5.41) is 0. The molecule has 1 heteroatoms. The third-order valence-corrected chi connectivity index (χ3v) is 2.22. The van der Waals surface area contributed by atoms with Crippen LogP contribution in [0.15, 0.2) is 11.8 Å². The maximum Gasteiger partial charge on any atom is 0.0915 e. The van der Waals surface area contributed by atoms with E-state index >= 15 is 0 Å². The van der Waals surface area contributed by atoms with E-state index in [1.165, 1.54) is 44.3 Å². The van der Waals surface area contributed by atoms with Gasteiger partial charge in [-0.3, -0.25) is 0 Å². The Bertz CT molecular complexity index is 127. The van der Waals surface area contributed by atoms with Crippen molar-refractivity contribution in [3.05, 3.63) is 11.8 Å². The highest BCUT2D eigenvalue weighted by Gasteiger charge is 1.94. The van der Waals surface area contributed by atoms with Crippen LogP contribution in [0.5, 0.6) is 0 Å². The molecule has 78 valence electrons.